The number of carbonyl (C=O) groups excluding carboxylic acids is 1. The van der Waals surface area contributed by atoms with Crippen molar-refractivity contribution in [3.8, 4) is 0 Å². The van der Waals surface area contributed by atoms with E-state index in [1.165, 1.54) is 0 Å². The maximum absolute atomic E-state index is 12.8. The number of oxime groups is 1. The SMILES string of the molecule is CCO/N=C(/c1ccc(Br)cc1)C1CCN(C2(C)CCN(C(=O)c3cccnc3)CC2)CC1. The van der Waals surface area contributed by atoms with Crippen LogP contribution in [0.2, 0.25) is 0 Å². The van der Waals surface area contributed by atoms with Gasteiger partial charge in [0.15, 0.2) is 0 Å². The number of piperidine rings is 2. The number of carbonyl (C=O) groups is 1. The molecule has 0 atom stereocenters. The number of nitrogens with zero attached hydrogens (tertiary/aromatic N) is 4. The lowest BCUT2D eigenvalue weighted by atomic mass is 9.82. The van der Waals surface area contributed by atoms with Gasteiger partial charge in [0.2, 0.25) is 0 Å². The van der Waals surface area contributed by atoms with Crippen LogP contribution in [-0.4, -0.2) is 64.7 Å². The molecule has 7 heteroatoms. The standard InChI is InChI=1S/C26H33BrN4O2/c1-3-33-29-24(20-6-8-23(27)9-7-20)21-10-15-31(16-11-21)26(2)12-17-30(18-13-26)25(32)22-5-4-14-28-19-22/h4-9,14,19,21H,3,10-13,15-18H2,1-2H3/b29-24-. The molecule has 1 aromatic heterocycles. The zero-order valence-corrected chi connectivity index (χ0v) is 21.1. The van der Waals surface area contributed by atoms with E-state index in [1.807, 2.05) is 24.0 Å². The Kier molecular flexibility index (Phi) is 7.81. The number of likely N-dealkylation sites (tertiary alicyclic amines) is 2. The molecule has 0 unspecified atom stereocenters. The fourth-order valence-corrected chi connectivity index (χ4v) is 5.25. The lowest BCUT2D eigenvalue weighted by Crippen LogP contribution is -2.56. The molecule has 3 heterocycles. The van der Waals surface area contributed by atoms with E-state index < -0.39 is 0 Å². The van der Waals surface area contributed by atoms with Crippen LogP contribution in [0, 0.1) is 5.92 Å². The van der Waals surface area contributed by atoms with Gasteiger partial charge in [-0.2, -0.15) is 0 Å². The van der Waals surface area contributed by atoms with E-state index in [-0.39, 0.29) is 11.4 Å². The number of rotatable bonds is 6. The average Bonchev–Trinajstić information content (AvgIpc) is 2.86. The van der Waals surface area contributed by atoms with Gasteiger partial charge in [-0.05, 0) is 82.4 Å². The molecule has 1 aromatic carbocycles. The number of amides is 1. The van der Waals surface area contributed by atoms with E-state index in [4.69, 9.17) is 4.84 Å². The Balaban J connectivity index is 1.36. The van der Waals surface area contributed by atoms with Crippen LogP contribution in [0.15, 0.2) is 58.4 Å². The lowest BCUT2D eigenvalue weighted by Gasteiger charge is -2.49. The summed E-state index contributed by atoms with van der Waals surface area (Å²) in [6.07, 6.45) is 7.49. The maximum Gasteiger partial charge on any atom is 0.255 e. The summed E-state index contributed by atoms with van der Waals surface area (Å²) < 4.78 is 1.07. The van der Waals surface area contributed by atoms with Crippen LogP contribution in [0.4, 0.5) is 0 Å². The smallest absolute Gasteiger partial charge is 0.255 e. The van der Waals surface area contributed by atoms with Crippen molar-refractivity contribution in [2.24, 2.45) is 11.1 Å². The van der Waals surface area contributed by atoms with Crippen LogP contribution < -0.4 is 0 Å². The third-order valence-corrected chi connectivity index (χ3v) is 7.64. The van der Waals surface area contributed by atoms with Gasteiger partial charge in [-0.15, -0.1) is 0 Å². The maximum atomic E-state index is 12.8. The number of pyridine rings is 1. The van der Waals surface area contributed by atoms with E-state index in [0.29, 0.717) is 18.1 Å². The molecule has 2 saturated heterocycles. The molecular weight excluding hydrogens is 480 g/mol. The van der Waals surface area contributed by atoms with Crippen LogP contribution in [0.3, 0.4) is 0 Å². The average molecular weight is 513 g/mol. The first-order chi connectivity index (χ1) is 16.0. The van der Waals surface area contributed by atoms with Crippen molar-refractivity contribution >= 4 is 27.5 Å². The van der Waals surface area contributed by atoms with Gasteiger partial charge in [0.25, 0.3) is 5.91 Å². The molecule has 0 aliphatic carbocycles. The molecule has 2 aliphatic rings. The quantitative estimate of drug-likeness (QED) is 0.404. The van der Waals surface area contributed by atoms with Crippen molar-refractivity contribution in [3.63, 3.8) is 0 Å². The summed E-state index contributed by atoms with van der Waals surface area (Å²) >= 11 is 3.52. The van der Waals surface area contributed by atoms with Crippen molar-refractivity contribution in [2.75, 3.05) is 32.8 Å². The molecule has 0 N–H and O–H groups in total. The highest BCUT2D eigenvalue weighted by Crippen LogP contribution is 2.34. The van der Waals surface area contributed by atoms with E-state index in [0.717, 1.165) is 67.6 Å². The molecule has 0 spiro atoms. The molecule has 0 bridgehead atoms. The minimum absolute atomic E-state index is 0.0927. The van der Waals surface area contributed by atoms with Crippen molar-refractivity contribution < 1.29 is 9.63 Å². The third-order valence-electron chi connectivity index (χ3n) is 7.11. The highest BCUT2D eigenvalue weighted by Gasteiger charge is 2.39. The molecule has 6 nitrogen and oxygen atoms in total. The van der Waals surface area contributed by atoms with E-state index in [1.54, 1.807) is 12.4 Å². The molecular formula is C26H33BrN4O2. The molecule has 2 aliphatic heterocycles. The van der Waals surface area contributed by atoms with Crippen molar-refractivity contribution in [2.45, 2.75) is 45.1 Å². The Labute approximate surface area is 205 Å². The monoisotopic (exact) mass is 512 g/mol. The summed E-state index contributed by atoms with van der Waals surface area (Å²) in [5.41, 5.74) is 3.01. The minimum Gasteiger partial charge on any atom is -0.396 e. The van der Waals surface area contributed by atoms with E-state index >= 15 is 0 Å². The molecule has 33 heavy (non-hydrogen) atoms. The fourth-order valence-electron chi connectivity index (χ4n) is 4.99. The topological polar surface area (TPSA) is 58.0 Å². The molecule has 0 saturated carbocycles. The second kappa shape index (κ2) is 10.8. The molecule has 0 radical (unpaired) electrons. The lowest BCUT2D eigenvalue weighted by molar-refractivity contribution is 0.0161. The molecule has 2 aromatic rings. The number of hydrogen-bond donors (Lipinski definition) is 0. The zero-order valence-electron chi connectivity index (χ0n) is 19.5. The van der Waals surface area contributed by atoms with E-state index in [2.05, 4.69) is 62.2 Å². The van der Waals surface area contributed by atoms with Crippen LogP contribution in [0.5, 0.6) is 0 Å². The summed E-state index contributed by atoms with van der Waals surface area (Å²) in [5, 5.41) is 4.51. The minimum atomic E-state index is 0.0927. The van der Waals surface area contributed by atoms with Crippen molar-refractivity contribution in [1.82, 2.24) is 14.8 Å². The number of benzene rings is 1. The van der Waals surface area contributed by atoms with Gasteiger partial charge in [0.1, 0.15) is 6.61 Å². The Morgan fingerprint density at radius 2 is 1.82 bits per heavy atom. The second-order valence-corrected chi connectivity index (χ2v) is 10.1. The highest BCUT2D eigenvalue weighted by atomic mass is 79.9. The normalized spacial score (nSPS) is 20.0. The Morgan fingerprint density at radius 3 is 2.42 bits per heavy atom. The van der Waals surface area contributed by atoms with Gasteiger partial charge in [-0.25, -0.2) is 0 Å². The summed E-state index contributed by atoms with van der Waals surface area (Å²) in [4.78, 5) is 27.0. The first kappa shape index (κ1) is 23.9. The van der Waals surface area contributed by atoms with Crippen LogP contribution >= 0.6 is 15.9 Å². The van der Waals surface area contributed by atoms with E-state index in [9.17, 15) is 4.79 Å². The number of hydrogen-bond acceptors (Lipinski definition) is 5. The van der Waals surface area contributed by atoms with Crippen LogP contribution in [-0.2, 0) is 4.84 Å². The van der Waals surface area contributed by atoms with Crippen LogP contribution in [0.1, 0.15) is 55.5 Å². The number of halogens is 1. The summed E-state index contributed by atoms with van der Waals surface area (Å²) in [6.45, 7) is 8.57. The first-order valence-electron chi connectivity index (χ1n) is 11.9. The van der Waals surface area contributed by atoms with Gasteiger partial charge in [0.05, 0.1) is 11.3 Å². The Hall–Kier alpha value is -2.25. The highest BCUT2D eigenvalue weighted by molar-refractivity contribution is 9.10. The van der Waals surface area contributed by atoms with Crippen molar-refractivity contribution in [3.05, 3.63) is 64.4 Å². The summed E-state index contributed by atoms with van der Waals surface area (Å²) in [6, 6.07) is 12.0. The van der Waals surface area contributed by atoms with Gasteiger partial charge in [0, 0.05) is 41.4 Å². The van der Waals surface area contributed by atoms with Gasteiger partial charge in [-0.1, -0.05) is 33.2 Å². The Morgan fingerprint density at radius 1 is 1.12 bits per heavy atom. The molecule has 176 valence electrons. The molecule has 1 amide bonds. The summed E-state index contributed by atoms with van der Waals surface area (Å²) in [7, 11) is 0. The fraction of sp³-hybridized carbons (Fsp3) is 0.500. The van der Waals surface area contributed by atoms with Crippen molar-refractivity contribution in [1.29, 1.82) is 0 Å². The van der Waals surface area contributed by atoms with Gasteiger partial charge in [-0.3, -0.25) is 14.7 Å². The first-order valence-corrected chi connectivity index (χ1v) is 12.7. The third kappa shape index (κ3) is 5.64. The predicted molar refractivity (Wildman–Crippen MR) is 134 cm³/mol. The van der Waals surface area contributed by atoms with Crippen LogP contribution in [0.25, 0.3) is 0 Å². The predicted octanol–water partition coefficient (Wildman–Crippen LogP) is 4.99. The number of aromatic nitrogens is 1. The summed E-state index contributed by atoms with van der Waals surface area (Å²) in [5.74, 6) is 0.486. The largest absolute Gasteiger partial charge is 0.396 e. The second-order valence-electron chi connectivity index (χ2n) is 9.19. The Bertz CT molecular complexity index is 948. The molecule has 4 rings (SSSR count). The molecule has 2 fully saturated rings. The van der Waals surface area contributed by atoms with Gasteiger partial charge < -0.3 is 9.74 Å². The zero-order chi connectivity index (χ0) is 23.3. The van der Waals surface area contributed by atoms with Gasteiger partial charge >= 0.3 is 0 Å².